The predicted octanol–water partition coefficient (Wildman–Crippen LogP) is 2.57. The minimum absolute atomic E-state index is 0.0441. The van der Waals surface area contributed by atoms with E-state index in [-0.39, 0.29) is 31.8 Å². The van der Waals surface area contributed by atoms with Gasteiger partial charge in [0, 0.05) is 19.6 Å². The molecule has 1 unspecified atom stereocenters. The first-order chi connectivity index (χ1) is 9.39. The van der Waals surface area contributed by atoms with Crippen molar-refractivity contribution in [2.24, 2.45) is 11.3 Å². The largest absolute Gasteiger partial charge is 0.391 e. The number of hydrogen-bond acceptors (Lipinski definition) is 2. The molecular weight excluding hydrogens is 269 g/mol. The molecule has 2 aliphatic heterocycles. The van der Waals surface area contributed by atoms with Crippen LogP contribution in [0.5, 0.6) is 0 Å². The second-order valence-electron chi connectivity index (χ2n) is 6.02. The van der Waals surface area contributed by atoms with Crippen LogP contribution in [0.15, 0.2) is 0 Å². The van der Waals surface area contributed by atoms with Crippen molar-refractivity contribution in [3.63, 3.8) is 0 Å². The molecule has 2 heterocycles. The molecule has 0 spiro atoms. The fourth-order valence-electron chi connectivity index (χ4n) is 3.35. The molecular formula is C14H23F3N2O. The monoisotopic (exact) mass is 292 g/mol. The van der Waals surface area contributed by atoms with Crippen molar-refractivity contribution in [1.29, 1.82) is 0 Å². The zero-order valence-electron chi connectivity index (χ0n) is 11.9. The molecule has 20 heavy (non-hydrogen) atoms. The van der Waals surface area contributed by atoms with Gasteiger partial charge in [-0.1, -0.05) is 6.92 Å². The Labute approximate surface area is 117 Å². The lowest BCUT2D eigenvalue weighted by Crippen LogP contribution is -2.54. The number of likely N-dealkylation sites (tertiary alicyclic amines) is 1. The van der Waals surface area contributed by atoms with Gasteiger partial charge in [0.15, 0.2) is 0 Å². The fraction of sp³-hybridized carbons (Fsp3) is 0.929. The van der Waals surface area contributed by atoms with Crippen LogP contribution in [0.1, 0.15) is 39.0 Å². The van der Waals surface area contributed by atoms with Crippen LogP contribution >= 0.6 is 0 Å². The molecule has 2 saturated heterocycles. The molecule has 2 rings (SSSR count). The van der Waals surface area contributed by atoms with E-state index in [9.17, 15) is 18.0 Å². The maximum Gasteiger partial charge on any atom is 0.391 e. The van der Waals surface area contributed by atoms with Crippen molar-refractivity contribution < 1.29 is 18.0 Å². The van der Waals surface area contributed by atoms with Gasteiger partial charge in [-0.3, -0.25) is 4.79 Å². The van der Waals surface area contributed by atoms with E-state index in [1.165, 1.54) is 0 Å². The number of nitrogens with one attached hydrogen (secondary N) is 1. The van der Waals surface area contributed by atoms with E-state index in [4.69, 9.17) is 0 Å². The second-order valence-corrected chi connectivity index (χ2v) is 6.02. The number of nitrogens with zero attached hydrogens (tertiary/aromatic N) is 1. The van der Waals surface area contributed by atoms with Crippen molar-refractivity contribution >= 4 is 5.91 Å². The zero-order valence-corrected chi connectivity index (χ0v) is 11.9. The van der Waals surface area contributed by atoms with Crippen LogP contribution in [0.25, 0.3) is 0 Å². The van der Waals surface area contributed by atoms with Gasteiger partial charge < -0.3 is 10.2 Å². The molecule has 1 amide bonds. The highest BCUT2D eigenvalue weighted by atomic mass is 19.4. The van der Waals surface area contributed by atoms with Gasteiger partial charge >= 0.3 is 6.18 Å². The molecule has 0 saturated carbocycles. The standard InChI is InChI=1S/C14H23F3N2O/c1-2-13(6-3-7-18-10-13)12(20)19-8-4-11(5-9-19)14(15,16)17/h11,18H,2-10H2,1H3. The van der Waals surface area contributed by atoms with E-state index < -0.39 is 17.5 Å². The number of halogens is 3. The minimum atomic E-state index is -4.12. The summed E-state index contributed by atoms with van der Waals surface area (Å²) in [4.78, 5) is 14.3. The molecule has 1 N–H and O–H groups in total. The molecule has 0 aromatic heterocycles. The summed E-state index contributed by atoms with van der Waals surface area (Å²) in [6.07, 6.45) is -1.49. The SMILES string of the molecule is CCC1(C(=O)N2CCC(C(F)(F)F)CC2)CCCNC1. The third kappa shape index (κ3) is 3.10. The highest BCUT2D eigenvalue weighted by Gasteiger charge is 2.45. The molecule has 0 aromatic carbocycles. The van der Waals surface area contributed by atoms with Crippen molar-refractivity contribution in [2.75, 3.05) is 26.2 Å². The summed E-state index contributed by atoms with van der Waals surface area (Å²) < 4.78 is 38.0. The molecule has 0 aromatic rings. The summed E-state index contributed by atoms with van der Waals surface area (Å²) in [6, 6.07) is 0. The molecule has 0 radical (unpaired) electrons. The van der Waals surface area contributed by atoms with Crippen LogP contribution < -0.4 is 5.32 Å². The van der Waals surface area contributed by atoms with Crippen LogP contribution in [0, 0.1) is 11.3 Å². The summed E-state index contributed by atoms with van der Waals surface area (Å²) >= 11 is 0. The van der Waals surface area contributed by atoms with E-state index in [0.29, 0.717) is 6.54 Å². The molecule has 0 bridgehead atoms. The van der Waals surface area contributed by atoms with Crippen LogP contribution in [-0.2, 0) is 4.79 Å². The highest BCUT2D eigenvalue weighted by molar-refractivity contribution is 5.83. The first-order valence-electron chi connectivity index (χ1n) is 7.46. The number of alkyl halides is 3. The quantitative estimate of drug-likeness (QED) is 0.848. The maximum atomic E-state index is 12.7. The number of piperidine rings is 2. The van der Waals surface area contributed by atoms with Gasteiger partial charge in [0.25, 0.3) is 0 Å². The summed E-state index contributed by atoms with van der Waals surface area (Å²) in [5, 5.41) is 3.25. The summed E-state index contributed by atoms with van der Waals surface area (Å²) in [5.41, 5.74) is -0.399. The minimum Gasteiger partial charge on any atom is -0.342 e. The Morgan fingerprint density at radius 1 is 1.35 bits per heavy atom. The molecule has 2 aliphatic rings. The van der Waals surface area contributed by atoms with Gasteiger partial charge in [-0.15, -0.1) is 0 Å². The number of hydrogen-bond donors (Lipinski definition) is 1. The number of carbonyl (C=O) groups is 1. The first kappa shape index (κ1) is 15.6. The van der Waals surface area contributed by atoms with Gasteiger partial charge in [-0.25, -0.2) is 0 Å². The molecule has 1 atom stereocenters. The molecule has 3 nitrogen and oxygen atoms in total. The summed E-state index contributed by atoms with van der Waals surface area (Å²) in [7, 11) is 0. The maximum absolute atomic E-state index is 12.7. The van der Waals surface area contributed by atoms with Crippen LogP contribution in [0.3, 0.4) is 0 Å². The lowest BCUT2D eigenvalue weighted by molar-refractivity contribution is -0.188. The topological polar surface area (TPSA) is 32.3 Å². The molecule has 6 heteroatoms. The number of carbonyl (C=O) groups excluding carboxylic acids is 1. The van der Waals surface area contributed by atoms with E-state index in [0.717, 1.165) is 25.8 Å². The predicted molar refractivity (Wildman–Crippen MR) is 70.2 cm³/mol. The Morgan fingerprint density at radius 2 is 2.00 bits per heavy atom. The number of rotatable bonds is 2. The molecule has 2 fully saturated rings. The molecule has 0 aliphatic carbocycles. The first-order valence-corrected chi connectivity index (χ1v) is 7.46. The molecule has 116 valence electrons. The van der Waals surface area contributed by atoms with E-state index in [1.54, 1.807) is 4.90 Å². The van der Waals surface area contributed by atoms with Gasteiger partial charge in [-0.05, 0) is 38.6 Å². The average Bonchev–Trinajstić information content (AvgIpc) is 2.46. The Hall–Kier alpha value is -0.780. The van der Waals surface area contributed by atoms with E-state index >= 15 is 0 Å². The Balaban J connectivity index is 1.97. The van der Waals surface area contributed by atoms with Gasteiger partial charge in [-0.2, -0.15) is 13.2 Å². The Kier molecular flexibility index (Phi) is 4.62. The van der Waals surface area contributed by atoms with Gasteiger partial charge in [0.05, 0.1) is 11.3 Å². The van der Waals surface area contributed by atoms with E-state index in [2.05, 4.69) is 5.32 Å². The zero-order chi connectivity index (χ0) is 14.8. The Morgan fingerprint density at radius 3 is 2.45 bits per heavy atom. The number of amides is 1. The van der Waals surface area contributed by atoms with Crippen molar-refractivity contribution in [2.45, 2.75) is 45.2 Å². The average molecular weight is 292 g/mol. The smallest absolute Gasteiger partial charge is 0.342 e. The van der Waals surface area contributed by atoms with Crippen LogP contribution in [-0.4, -0.2) is 43.2 Å². The van der Waals surface area contributed by atoms with Crippen molar-refractivity contribution in [3.8, 4) is 0 Å². The highest BCUT2D eigenvalue weighted by Crippen LogP contribution is 2.37. The second kappa shape index (κ2) is 5.92. The van der Waals surface area contributed by atoms with Crippen molar-refractivity contribution in [1.82, 2.24) is 10.2 Å². The van der Waals surface area contributed by atoms with E-state index in [1.807, 2.05) is 6.92 Å². The lowest BCUT2D eigenvalue weighted by Gasteiger charge is -2.42. The Bertz CT molecular complexity index is 343. The summed E-state index contributed by atoms with van der Waals surface area (Å²) in [5.74, 6) is -1.19. The van der Waals surface area contributed by atoms with Gasteiger partial charge in [0.1, 0.15) is 0 Å². The summed E-state index contributed by atoms with van der Waals surface area (Å²) in [6.45, 7) is 4.05. The van der Waals surface area contributed by atoms with Crippen LogP contribution in [0.4, 0.5) is 13.2 Å². The third-order valence-electron chi connectivity index (χ3n) is 4.85. The van der Waals surface area contributed by atoms with Crippen molar-refractivity contribution in [3.05, 3.63) is 0 Å². The normalized spacial score (nSPS) is 29.5. The third-order valence-corrected chi connectivity index (χ3v) is 4.85. The van der Waals surface area contributed by atoms with Gasteiger partial charge in [0.2, 0.25) is 5.91 Å². The fourth-order valence-corrected chi connectivity index (χ4v) is 3.35. The van der Waals surface area contributed by atoms with Crippen LogP contribution in [0.2, 0.25) is 0 Å². The lowest BCUT2D eigenvalue weighted by atomic mass is 9.76.